The molecule has 0 saturated carbocycles. The van der Waals surface area contributed by atoms with E-state index in [2.05, 4.69) is 9.88 Å². The van der Waals surface area contributed by atoms with Crippen LogP contribution in [0, 0.1) is 6.92 Å². The minimum Gasteiger partial charge on any atom is -0.378 e. The van der Waals surface area contributed by atoms with E-state index < -0.39 is 0 Å². The van der Waals surface area contributed by atoms with E-state index in [1.165, 1.54) is 0 Å². The third-order valence-corrected chi connectivity index (χ3v) is 3.24. The summed E-state index contributed by atoms with van der Waals surface area (Å²) in [6.45, 7) is 4.79. The molecule has 3 rings (SSSR count). The lowest BCUT2D eigenvalue weighted by molar-refractivity contribution is 0.122. The number of aromatic nitrogens is 2. The Balaban J connectivity index is 2.17. The fourth-order valence-electron chi connectivity index (χ4n) is 2.25. The maximum Gasteiger partial charge on any atom is 0.262 e. The molecule has 0 amide bonds. The number of hydrogen-bond donors (Lipinski definition) is 0. The van der Waals surface area contributed by atoms with Crippen LogP contribution in [0.25, 0.3) is 5.65 Å². The summed E-state index contributed by atoms with van der Waals surface area (Å²) in [5, 5.41) is 0. The molecule has 0 aliphatic carbocycles. The van der Waals surface area contributed by atoms with Gasteiger partial charge >= 0.3 is 0 Å². The van der Waals surface area contributed by atoms with Crippen molar-refractivity contribution in [2.45, 2.75) is 6.92 Å². The first-order chi connectivity index (χ1) is 8.77. The molecule has 1 saturated heterocycles. The molecular formula is C13H15N3O2. The van der Waals surface area contributed by atoms with Gasteiger partial charge in [0.15, 0.2) is 0 Å². The van der Waals surface area contributed by atoms with Crippen LogP contribution >= 0.6 is 0 Å². The van der Waals surface area contributed by atoms with Gasteiger partial charge in [-0.15, -0.1) is 0 Å². The molecule has 1 aliphatic rings. The van der Waals surface area contributed by atoms with E-state index in [1.807, 2.05) is 25.1 Å². The van der Waals surface area contributed by atoms with Crippen molar-refractivity contribution in [3.63, 3.8) is 0 Å². The van der Waals surface area contributed by atoms with Crippen molar-refractivity contribution in [2.24, 2.45) is 0 Å². The largest absolute Gasteiger partial charge is 0.378 e. The van der Waals surface area contributed by atoms with Gasteiger partial charge < -0.3 is 9.64 Å². The van der Waals surface area contributed by atoms with Gasteiger partial charge in [0, 0.05) is 19.3 Å². The molecule has 18 heavy (non-hydrogen) atoms. The molecule has 2 aromatic rings. The van der Waals surface area contributed by atoms with Gasteiger partial charge in [-0.3, -0.25) is 9.20 Å². The fraction of sp³-hybridized carbons (Fsp3) is 0.385. The molecular weight excluding hydrogens is 230 g/mol. The van der Waals surface area contributed by atoms with Gasteiger partial charge in [-0.05, 0) is 19.1 Å². The molecule has 0 bridgehead atoms. The number of morpholine rings is 1. The third-order valence-electron chi connectivity index (χ3n) is 3.24. The highest BCUT2D eigenvalue weighted by Gasteiger charge is 2.17. The second-order valence-corrected chi connectivity index (χ2v) is 4.39. The number of fused-ring (bicyclic) bond motifs is 1. The fourth-order valence-corrected chi connectivity index (χ4v) is 2.25. The molecule has 0 unspecified atom stereocenters. The van der Waals surface area contributed by atoms with E-state index in [0.29, 0.717) is 24.4 Å². The molecule has 1 fully saturated rings. The first-order valence-electron chi connectivity index (χ1n) is 6.08. The standard InChI is InChI=1S/C13H15N3O2/c1-10-12(15-6-8-18-9-7-15)14-11-4-2-3-5-16(11)13(10)17/h2-5H,6-9H2,1H3. The molecule has 5 heteroatoms. The monoisotopic (exact) mass is 245 g/mol. The zero-order valence-corrected chi connectivity index (χ0v) is 10.3. The second-order valence-electron chi connectivity index (χ2n) is 4.39. The van der Waals surface area contributed by atoms with E-state index in [1.54, 1.807) is 10.6 Å². The van der Waals surface area contributed by atoms with E-state index in [4.69, 9.17) is 4.74 Å². The third kappa shape index (κ3) is 1.76. The minimum absolute atomic E-state index is 0.00194. The predicted octanol–water partition coefficient (Wildman–Crippen LogP) is 0.840. The SMILES string of the molecule is Cc1c(N2CCOCC2)nc2ccccn2c1=O. The Morgan fingerprint density at radius 1 is 1.28 bits per heavy atom. The molecule has 0 atom stereocenters. The summed E-state index contributed by atoms with van der Waals surface area (Å²) < 4.78 is 6.91. The van der Waals surface area contributed by atoms with Crippen LogP contribution in [0.5, 0.6) is 0 Å². The lowest BCUT2D eigenvalue weighted by atomic mass is 10.3. The van der Waals surface area contributed by atoms with Gasteiger partial charge in [-0.1, -0.05) is 6.07 Å². The first-order valence-corrected chi connectivity index (χ1v) is 6.08. The number of hydrogen-bond acceptors (Lipinski definition) is 4. The zero-order chi connectivity index (χ0) is 12.5. The highest BCUT2D eigenvalue weighted by molar-refractivity contribution is 5.53. The summed E-state index contributed by atoms with van der Waals surface area (Å²) in [5.74, 6) is 0.787. The molecule has 94 valence electrons. The van der Waals surface area contributed by atoms with E-state index in [9.17, 15) is 4.79 Å². The maximum absolute atomic E-state index is 12.3. The molecule has 0 N–H and O–H groups in total. The van der Waals surface area contributed by atoms with Crippen molar-refractivity contribution in [3.8, 4) is 0 Å². The van der Waals surface area contributed by atoms with Gasteiger partial charge in [0.05, 0.1) is 18.8 Å². The zero-order valence-electron chi connectivity index (χ0n) is 10.3. The van der Waals surface area contributed by atoms with Crippen LogP contribution in [0.1, 0.15) is 5.56 Å². The summed E-state index contributed by atoms with van der Waals surface area (Å²) in [6.07, 6.45) is 1.75. The van der Waals surface area contributed by atoms with Crippen LogP contribution in [0.3, 0.4) is 0 Å². The highest BCUT2D eigenvalue weighted by atomic mass is 16.5. The van der Waals surface area contributed by atoms with Crippen molar-refractivity contribution in [1.82, 2.24) is 9.38 Å². The Hall–Kier alpha value is -1.88. The quantitative estimate of drug-likeness (QED) is 0.747. The van der Waals surface area contributed by atoms with Gasteiger partial charge in [0.1, 0.15) is 11.5 Å². The molecule has 0 radical (unpaired) electrons. The first kappa shape index (κ1) is 11.2. The number of pyridine rings is 1. The molecule has 3 heterocycles. The van der Waals surface area contributed by atoms with Crippen LogP contribution in [0.15, 0.2) is 29.2 Å². The minimum atomic E-state index is 0.00194. The van der Waals surface area contributed by atoms with Gasteiger partial charge in [-0.2, -0.15) is 0 Å². The summed E-state index contributed by atoms with van der Waals surface area (Å²) in [7, 11) is 0. The van der Waals surface area contributed by atoms with Gasteiger partial charge in [0.25, 0.3) is 5.56 Å². The summed E-state index contributed by atoms with van der Waals surface area (Å²) >= 11 is 0. The van der Waals surface area contributed by atoms with Crippen LogP contribution < -0.4 is 10.5 Å². The number of rotatable bonds is 1. The number of ether oxygens (including phenoxy) is 1. The van der Waals surface area contributed by atoms with Gasteiger partial charge in [-0.25, -0.2) is 4.98 Å². The van der Waals surface area contributed by atoms with Crippen LogP contribution in [-0.2, 0) is 4.74 Å². The maximum atomic E-state index is 12.3. The molecule has 0 spiro atoms. The van der Waals surface area contributed by atoms with E-state index >= 15 is 0 Å². The van der Waals surface area contributed by atoms with Crippen LogP contribution in [0.4, 0.5) is 5.82 Å². The Labute approximate surface area is 105 Å². The van der Waals surface area contributed by atoms with Crippen LogP contribution in [0.2, 0.25) is 0 Å². The number of nitrogens with zero attached hydrogens (tertiary/aromatic N) is 3. The average Bonchev–Trinajstić information content (AvgIpc) is 2.44. The van der Waals surface area contributed by atoms with Gasteiger partial charge in [0.2, 0.25) is 0 Å². The van der Waals surface area contributed by atoms with Crippen molar-refractivity contribution in [1.29, 1.82) is 0 Å². The Morgan fingerprint density at radius 3 is 2.83 bits per heavy atom. The second kappa shape index (κ2) is 4.42. The lowest BCUT2D eigenvalue weighted by Crippen LogP contribution is -2.38. The Kier molecular flexibility index (Phi) is 2.76. The molecule has 1 aliphatic heterocycles. The average molecular weight is 245 g/mol. The van der Waals surface area contributed by atoms with Crippen molar-refractivity contribution >= 4 is 11.5 Å². The summed E-state index contributed by atoms with van der Waals surface area (Å²) in [6, 6.07) is 5.58. The Morgan fingerprint density at radius 2 is 2.06 bits per heavy atom. The predicted molar refractivity (Wildman–Crippen MR) is 69.2 cm³/mol. The van der Waals surface area contributed by atoms with Crippen molar-refractivity contribution in [3.05, 3.63) is 40.3 Å². The van der Waals surface area contributed by atoms with Crippen molar-refractivity contribution < 1.29 is 4.74 Å². The highest BCUT2D eigenvalue weighted by Crippen LogP contribution is 2.16. The normalized spacial score (nSPS) is 16.2. The van der Waals surface area contributed by atoms with Crippen molar-refractivity contribution in [2.75, 3.05) is 31.2 Å². The van der Waals surface area contributed by atoms with E-state index in [-0.39, 0.29) is 5.56 Å². The molecule has 5 nitrogen and oxygen atoms in total. The molecule has 0 aromatic carbocycles. The number of anilines is 1. The Bertz CT molecular complexity index is 630. The lowest BCUT2D eigenvalue weighted by Gasteiger charge is -2.28. The molecule has 2 aromatic heterocycles. The van der Waals surface area contributed by atoms with E-state index in [0.717, 1.165) is 18.9 Å². The topological polar surface area (TPSA) is 46.8 Å². The summed E-state index contributed by atoms with van der Waals surface area (Å²) in [5.41, 5.74) is 1.39. The summed E-state index contributed by atoms with van der Waals surface area (Å²) in [4.78, 5) is 19.0. The van der Waals surface area contributed by atoms with Crippen LogP contribution in [-0.4, -0.2) is 35.7 Å². The smallest absolute Gasteiger partial charge is 0.262 e.